The quantitative estimate of drug-likeness (QED) is 0.471. The molecule has 6 N–H and O–H groups in total. The van der Waals surface area contributed by atoms with Gasteiger partial charge in [-0.1, -0.05) is 12.1 Å². The number of phenolic OH excluding ortho intramolecular Hbond substituents is 1. The van der Waals surface area contributed by atoms with Gasteiger partial charge in [0.05, 0.1) is 17.1 Å². The molecule has 4 heteroatoms. The van der Waals surface area contributed by atoms with Crippen molar-refractivity contribution in [1.29, 1.82) is 0 Å². The maximum absolute atomic E-state index is 9.67. The van der Waals surface area contributed by atoms with Crippen molar-refractivity contribution in [3.8, 4) is 5.75 Å². The molecule has 0 heterocycles. The normalized spacial score (nSPS) is 10.2. The van der Waals surface area contributed by atoms with Crippen LogP contribution in [0.4, 0.5) is 22.7 Å². The Morgan fingerprint density at radius 1 is 1.06 bits per heavy atom. The summed E-state index contributed by atoms with van der Waals surface area (Å²) in [7, 11) is 0. The zero-order valence-corrected chi connectivity index (χ0v) is 9.57. The second-order valence-corrected chi connectivity index (χ2v) is 3.94. The standard InChI is InChI=1S/C13H15N3O/c1-8-6-9(14)7-11(13(8)15)16-10-4-2-3-5-12(10)17/h2-7,16-17H,14-15H2,1H3. The first-order valence-corrected chi connectivity index (χ1v) is 5.28. The number of nitrogen functional groups attached to an aromatic ring is 2. The molecule has 0 aliphatic carbocycles. The molecule has 2 aromatic carbocycles. The Kier molecular flexibility index (Phi) is 2.78. The monoisotopic (exact) mass is 229 g/mol. The number of aromatic hydroxyl groups is 1. The van der Waals surface area contributed by atoms with Crippen LogP contribution in [0.1, 0.15) is 5.56 Å². The van der Waals surface area contributed by atoms with Gasteiger partial charge in [-0.05, 0) is 36.8 Å². The summed E-state index contributed by atoms with van der Waals surface area (Å²) in [5, 5.41) is 12.7. The van der Waals surface area contributed by atoms with Gasteiger partial charge >= 0.3 is 0 Å². The molecule has 0 aliphatic rings. The Hall–Kier alpha value is -2.36. The van der Waals surface area contributed by atoms with Gasteiger partial charge in [-0.15, -0.1) is 0 Å². The molecule has 0 bridgehead atoms. The van der Waals surface area contributed by atoms with Crippen LogP contribution >= 0.6 is 0 Å². The second kappa shape index (κ2) is 4.25. The van der Waals surface area contributed by atoms with Crippen molar-refractivity contribution in [2.45, 2.75) is 6.92 Å². The van der Waals surface area contributed by atoms with E-state index in [1.54, 1.807) is 24.3 Å². The van der Waals surface area contributed by atoms with Crippen molar-refractivity contribution in [3.05, 3.63) is 42.0 Å². The molecule has 0 unspecified atom stereocenters. The zero-order valence-electron chi connectivity index (χ0n) is 9.57. The number of aryl methyl sites for hydroxylation is 1. The van der Waals surface area contributed by atoms with Gasteiger partial charge in [-0.25, -0.2) is 0 Å². The lowest BCUT2D eigenvalue weighted by Crippen LogP contribution is -2.00. The molecule has 0 atom stereocenters. The summed E-state index contributed by atoms with van der Waals surface area (Å²) in [5.74, 6) is 0.173. The van der Waals surface area contributed by atoms with E-state index in [9.17, 15) is 5.11 Å². The van der Waals surface area contributed by atoms with Gasteiger partial charge in [-0.3, -0.25) is 0 Å². The third kappa shape index (κ3) is 2.25. The van der Waals surface area contributed by atoms with E-state index in [1.165, 1.54) is 0 Å². The number of nitrogens with two attached hydrogens (primary N) is 2. The minimum Gasteiger partial charge on any atom is -0.506 e. The minimum absolute atomic E-state index is 0.173. The van der Waals surface area contributed by atoms with Crippen LogP contribution in [0.3, 0.4) is 0 Å². The third-order valence-corrected chi connectivity index (χ3v) is 2.58. The summed E-state index contributed by atoms with van der Waals surface area (Å²) in [5.41, 5.74) is 15.2. The van der Waals surface area contributed by atoms with Gasteiger partial charge in [0.25, 0.3) is 0 Å². The molecule has 0 fully saturated rings. The predicted molar refractivity (Wildman–Crippen MR) is 71.4 cm³/mol. The Labute approximate surface area is 99.9 Å². The number of nitrogens with one attached hydrogen (secondary N) is 1. The summed E-state index contributed by atoms with van der Waals surface area (Å²) >= 11 is 0. The molecular formula is C13H15N3O. The van der Waals surface area contributed by atoms with E-state index in [1.807, 2.05) is 19.1 Å². The Morgan fingerprint density at radius 3 is 2.47 bits per heavy atom. The third-order valence-electron chi connectivity index (χ3n) is 2.58. The lowest BCUT2D eigenvalue weighted by molar-refractivity contribution is 0.478. The molecule has 2 rings (SSSR count). The Bertz CT molecular complexity index is 552. The first-order chi connectivity index (χ1) is 8.08. The summed E-state index contributed by atoms with van der Waals surface area (Å²) in [6.45, 7) is 1.89. The van der Waals surface area contributed by atoms with Crippen LogP contribution < -0.4 is 16.8 Å². The van der Waals surface area contributed by atoms with Gasteiger partial charge in [-0.2, -0.15) is 0 Å². The number of anilines is 4. The first kappa shape index (κ1) is 11.1. The lowest BCUT2D eigenvalue weighted by Gasteiger charge is -2.13. The van der Waals surface area contributed by atoms with E-state index in [0.717, 1.165) is 5.56 Å². The van der Waals surface area contributed by atoms with E-state index in [-0.39, 0.29) is 5.75 Å². The smallest absolute Gasteiger partial charge is 0.139 e. The van der Waals surface area contributed by atoms with Crippen LogP contribution in [-0.4, -0.2) is 5.11 Å². The summed E-state index contributed by atoms with van der Waals surface area (Å²) in [6.07, 6.45) is 0. The number of benzene rings is 2. The molecule has 0 saturated carbocycles. The molecule has 88 valence electrons. The van der Waals surface area contributed by atoms with Crippen LogP contribution in [0, 0.1) is 6.92 Å². The number of hydrogen-bond donors (Lipinski definition) is 4. The number of phenols is 1. The molecule has 17 heavy (non-hydrogen) atoms. The van der Waals surface area contributed by atoms with Crippen molar-refractivity contribution in [3.63, 3.8) is 0 Å². The van der Waals surface area contributed by atoms with Crippen molar-refractivity contribution < 1.29 is 5.11 Å². The largest absolute Gasteiger partial charge is 0.506 e. The number of hydrogen-bond acceptors (Lipinski definition) is 4. The second-order valence-electron chi connectivity index (χ2n) is 3.94. The highest BCUT2D eigenvalue weighted by atomic mass is 16.3. The highest BCUT2D eigenvalue weighted by molar-refractivity contribution is 5.80. The molecule has 0 aliphatic heterocycles. The van der Waals surface area contributed by atoms with Crippen molar-refractivity contribution in [2.75, 3.05) is 16.8 Å². The minimum atomic E-state index is 0.173. The molecule has 2 aromatic rings. The van der Waals surface area contributed by atoms with E-state index in [4.69, 9.17) is 11.5 Å². The summed E-state index contributed by atoms with van der Waals surface area (Å²) < 4.78 is 0. The van der Waals surface area contributed by atoms with Crippen molar-refractivity contribution in [2.24, 2.45) is 0 Å². The fourth-order valence-electron chi connectivity index (χ4n) is 1.65. The molecule has 0 radical (unpaired) electrons. The number of rotatable bonds is 2. The van der Waals surface area contributed by atoms with Crippen LogP contribution in [0.15, 0.2) is 36.4 Å². The van der Waals surface area contributed by atoms with E-state index < -0.39 is 0 Å². The van der Waals surface area contributed by atoms with Gasteiger partial charge in [0.2, 0.25) is 0 Å². The Morgan fingerprint density at radius 2 is 1.76 bits per heavy atom. The molecule has 0 amide bonds. The fourth-order valence-corrected chi connectivity index (χ4v) is 1.65. The van der Waals surface area contributed by atoms with Crippen LogP contribution in [0.2, 0.25) is 0 Å². The number of para-hydroxylation sites is 2. The summed E-state index contributed by atoms with van der Waals surface area (Å²) in [4.78, 5) is 0. The van der Waals surface area contributed by atoms with Crippen LogP contribution in [0.25, 0.3) is 0 Å². The maximum Gasteiger partial charge on any atom is 0.139 e. The SMILES string of the molecule is Cc1cc(N)cc(Nc2ccccc2O)c1N. The zero-order chi connectivity index (χ0) is 12.4. The van der Waals surface area contributed by atoms with E-state index in [2.05, 4.69) is 5.32 Å². The fraction of sp³-hybridized carbons (Fsp3) is 0.0769. The molecule has 4 nitrogen and oxygen atoms in total. The molecule has 0 spiro atoms. The average Bonchev–Trinajstić information content (AvgIpc) is 2.28. The van der Waals surface area contributed by atoms with Crippen LogP contribution in [-0.2, 0) is 0 Å². The Balaban J connectivity index is 2.40. The molecular weight excluding hydrogens is 214 g/mol. The van der Waals surface area contributed by atoms with E-state index in [0.29, 0.717) is 22.7 Å². The highest BCUT2D eigenvalue weighted by Gasteiger charge is 2.06. The van der Waals surface area contributed by atoms with Crippen LogP contribution in [0.5, 0.6) is 5.75 Å². The maximum atomic E-state index is 9.67. The van der Waals surface area contributed by atoms with Gasteiger partial charge in [0.15, 0.2) is 0 Å². The lowest BCUT2D eigenvalue weighted by atomic mass is 10.1. The molecule has 0 saturated heterocycles. The van der Waals surface area contributed by atoms with E-state index >= 15 is 0 Å². The van der Waals surface area contributed by atoms with Crippen molar-refractivity contribution >= 4 is 22.7 Å². The molecule has 0 aromatic heterocycles. The highest BCUT2D eigenvalue weighted by Crippen LogP contribution is 2.32. The first-order valence-electron chi connectivity index (χ1n) is 5.28. The van der Waals surface area contributed by atoms with Gasteiger partial charge in [0.1, 0.15) is 5.75 Å². The topological polar surface area (TPSA) is 84.3 Å². The average molecular weight is 229 g/mol. The van der Waals surface area contributed by atoms with Crippen molar-refractivity contribution in [1.82, 2.24) is 0 Å². The van der Waals surface area contributed by atoms with Gasteiger partial charge < -0.3 is 21.9 Å². The summed E-state index contributed by atoms with van der Waals surface area (Å²) in [6, 6.07) is 10.5. The van der Waals surface area contributed by atoms with Gasteiger partial charge in [0, 0.05) is 5.69 Å². The predicted octanol–water partition coefficient (Wildman–Crippen LogP) is 2.61.